The Morgan fingerprint density at radius 3 is 2.55 bits per heavy atom. The number of hydrogen-bond acceptors (Lipinski definition) is 4. The summed E-state index contributed by atoms with van der Waals surface area (Å²) in [6.07, 6.45) is 1.55. The Morgan fingerprint density at radius 2 is 1.90 bits per heavy atom. The third-order valence-electron chi connectivity index (χ3n) is 2.50. The van der Waals surface area contributed by atoms with Crippen LogP contribution in [-0.4, -0.2) is 22.4 Å². The van der Waals surface area contributed by atoms with Gasteiger partial charge in [-0.15, -0.1) is 0 Å². The van der Waals surface area contributed by atoms with E-state index in [0.29, 0.717) is 5.69 Å². The summed E-state index contributed by atoms with van der Waals surface area (Å²) in [7, 11) is 0. The van der Waals surface area contributed by atoms with Crippen LogP contribution in [0.15, 0.2) is 47.6 Å². The lowest BCUT2D eigenvalue weighted by Crippen LogP contribution is -1.99. The van der Waals surface area contributed by atoms with Crippen LogP contribution in [-0.2, 0) is 0 Å². The Kier molecular flexibility index (Phi) is 4.22. The molecular formula is C14H11ClN2O3. The fourth-order valence-corrected chi connectivity index (χ4v) is 1.70. The van der Waals surface area contributed by atoms with Gasteiger partial charge in [0.2, 0.25) is 0 Å². The van der Waals surface area contributed by atoms with E-state index in [1.54, 1.807) is 36.5 Å². The summed E-state index contributed by atoms with van der Waals surface area (Å²) in [4.78, 5) is 10.9. The number of aromatic hydroxyl groups is 1. The van der Waals surface area contributed by atoms with E-state index in [1.807, 2.05) is 0 Å². The Hall–Kier alpha value is -2.53. The van der Waals surface area contributed by atoms with Gasteiger partial charge in [-0.25, -0.2) is 4.79 Å². The van der Waals surface area contributed by atoms with Crippen molar-refractivity contribution in [2.75, 3.05) is 5.43 Å². The van der Waals surface area contributed by atoms with Gasteiger partial charge in [0, 0.05) is 0 Å². The molecule has 0 atom stereocenters. The lowest BCUT2D eigenvalue weighted by molar-refractivity contribution is 0.0697. The molecule has 0 aliphatic carbocycles. The number of halogens is 1. The second-order valence-electron chi connectivity index (χ2n) is 3.96. The van der Waals surface area contributed by atoms with Gasteiger partial charge in [0.05, 0.1) is 22.5 Å². The van der Waals surface area contributed by atoms with Crippen LogP contribution in [0.5, 0.6) is 5.75 Å². The number of carbonyl (C=O) groups is 1. The number of rotatable bonds is 4. The van der Waals surface area contributed by atoms with E-state index < -0.39 is 5.97 Å². The van der Waals surface area contributed by atoms with Gasteiger partial charge in [0.1, 0.15) is 5.75 Å². The molecule has 0 aliphatic heterocycles. The number of nitrogens with zero attached hydrogens (tertiary/aromatic N) is 1. The van der Waals surface area contributed by atoms with Crippen LogP contribution >= 0.6 is 11.6 Å². The first-order valence-electron chi connectivity index (χ1n) is 5.67. The van der Waals surface area contributed by atoms with Crippen molar-refractivity contribution >= 4 is 29.5 Å². The zero-order chi connectivity index (χ0) is 14.5. The fourth-order valence-electron chi connectivity index (χ4n) is 1.50. The first-order chi connectivity index (χ1) is 9.56. The van der Waals surface area contributed by atoms with Crippen LogP contribution in [0.1, 0.15) is 15.9 Å². The van der Waals surface area contributed by atoms with E-state index in [4.69, 9.17) is 21.8 Å². The minimum Gasteiger partial charge on any atom is -0.508 e. The molecule has 0 bridgehead atoms. The molecule has 0 aliphatic rings. The first kappa shape index (κ1) is 13.9. The number of anilines is 1. The highest BCUT2D eigenvalue weighted by Gasteiger charge is 2.08. The molecule has 0 spiro atoms. The van der Waals surface area contributed by atoms with Crippen molar-refractivity contribution in [3.8, 4) is 5.75 Å². The zero-order valence-electron chi connectivity index (χ0n) is 10.2. The van der Waals surface area contributed by atoms with Gasteiger partial charge in [-0.2, -0.15) is 5.10 Å². The molecule has 3 N–H and O–H groups in total. The Morgan fingerprint density at radius 1 is 1.20 bits per heavy atom. The molecule has 0 saturated heterocycles. The summed E-state index contributed by atoms with van der Waals surface area (Å²) < 4.78 is 0. The largest absolute Gasteiger partial charge is 0.508 e. The van der Waals surface area contributed by atoms with Gasteiger partial charge in [-0.1, -0.05) is 11.6 Å². The molecule has 2 aromatic carbocycles. The minimum absolute atomic E-state index is 0.0106. The summed E-state index contributed by atoms with van der Waals surface area (Å²) in [5.74, 6) is -0.917. The van der Waals surface area contributed by atoms with Crippen molar-refractivity contribution in [2.24, 2.45) is 5.10 Å². The number of hydrazone groups is 1. The number of nitrogens with one attached hydrogen (secondary N) is 1. The highest BCUT2D eigenvalue weighted by Crippen LogP contribution is 2.20. The summed E-state index contributed by atoms with van der Waals surface area (Å²) in [5, 5.41) is 22.2. The molecule has 0 aromatic heterocycles. The van der Waals surface area contributed by atoms with Crippen molar-refractivity contribution in [3.05, 3.63) is 58.6 Å². The fraction of sp³-hybridized carbons (Fsp3) is 0. The van der Waals surface area contributed by atoms with E-state index in [2.05, 4.69) is 10.5 Å². The van der Waals surface area contributed by atoms with Gasteiger partial charge in [-0.3, -0.25) is 5.43 Å². The molecule has 0 fully saturated rings. The molecule has 0 unspecified atom stereocenters. The SMILES string of the molecule is O=C(O)c1cc(NN=Cc2ccc(O)cc2)ccc1Cl. The quantitative estimate of drug-likeness (QED) is 0.596. The second-order valence-corrected chi connectivity index (χ2v) is 4.37. The molecule has 20 heavy (non-hydrogen) atoms. The van der Waals surface area contributed by atoms with Gasteiger partial charge in [0.25, 0.3) is 0 Å². The van der Waals surface area contributed by atoms with E-state index in [9.17, 15) is 4.79 Å². The molecule has 0 radical (unpaired) electrons. The number of phenolic OH excluding ortho intramolecular Hbond substituents is 1. The van der Waals surface area contributed by atoms with Crippen LogP contribution < -0.4 is 5.43 Å². The smallest absolute Gasteiger partial charge is 0.337 e. The maximum absolute atomic E-state index is 10.9. The van der Waals surface area contributed by atoms with Crippen molar-refractivity contribution in [2.45, 2.75) is 0 Å². The zero-order valence-corrected chi connectivity index (χ0v) is 11.0. The van der Waals surface area contributed by atoms with Crippen molar-refractivity contribution in [1.82, 2.24) is 0 Å². The summed E-state index contributed by atoms with van der Waals surface area (Å²) in [6, 6.07) is 11.0. The van der Waals surface area contributed by atoms with Gasteiger partial charge in [-0.05, 0) is 48.0 Å². The number of phenols is 1. The number of hydrogen-bond donors (Lipinski definition) is 3. The maximum Gasteiger partial charge on any atom is 0.337 e. The molecule has 5 nitrogen and oxygen atoms in total. The first-order valence-corrected chi connectivity index (χ1v) is 6.05. The third-order valence-corrected chi connectivity index (χ3v) is 2.83. The summed E-state index contributed by atoms with van der Waals surface area (Å²) in [5.41, 5.74) is 4.04. The van der Waals surface area contributed by atoms with Gasteiger partial charge >= 0.3 is 5.97 Å². The van der Waals surface area contributed by atoms with E-state index in [1.165, 1.54) is 12.1 Å². The van der Waals surface area contributed by atoms with Crippen molar-refractivity contribution in [3.63, 3.8) is 0 Å². The van der Waals surface area contributed by atoms with Crippen LogP contribution in [0.25, 0.3) is 0 Å². The predicted molar refractivity (Wildman–Crippen MR) is 77.7 cm³/mol. The van der Waals surface area contributed by atoms with Crippen molar-refractivity contribution in [1.29, 1.82) is 0 Å². The Labute approximate surface area is 120 Å². The number of aromatic carboxylic acids is 1. The number of carboxylic acids is 1. The van der Waals surface area contributed by atoms with Gasteiger partial charge < -0.3 is 10.2 Å². The van der Waals surface area contributed by atoms with Crippen LogP contribution in [0.2, 0.25) is 5.02 Å². The van der Waals surface area contributed by atoms with E-state index in [-0.39, 0.29) is 16.3 Å². The monoisotopic (exact) mass is 290 g/mol. The molecule has 0 heterocycles. The minimum atomic E-state index is -1.10. The van der Waals surface area contributed by atoms with E-state index >= 15 is 0 Å². The lowest BCUT2D eigenvalue weighted by Gasteiger charge is -2.03. The molecule has 2 aromatic rings. The van der Waals surface area contributed by atoms with Crippen LogP contribution in [0.4, 0.5) is 5.69 Å². The normalized spacial score (nSPS) is 10.7. The average Bonchev–Trinajstić information content (AvgIpc) is 2.42. The van der Waals surface area contributed by atoms with Crippen LogP contribution in [0.3, 0.4) is 0 Å². The highest BCUT2D eigenvalue weighted by molar-refractivity contribution is 6.33. The third kappa shape index (κ3) is 3.49. The van der Waals surface area contributed by atoms with Crippen molar-refractivity contribution < 1.29 is 15.0 Å². The molecule has 6 heteroatoms. The highest BCUT2D eigenvalue weighted by atomic mass is 35.5. The van der Waals surface area contributed by atoms with E-state index in [0.717, 1.165) is 5.56 Å². The van der Waals surface area contributed by atoms with Crippen LogP contribution in [0, 0.1) is 0 Å². The molecule has 102 valence electrons. The summed E-state index contributed by atoms with van der Waals surface area (Å²) in [6.45, 7) is 0. The average molecular weight is 291 g/mol. The Bertz CT molecular complexity index is 654. The number of benzene rings is 2. The number of carboxylic acid groups (broad SMARTS) is 1. The standard InChI is InChI=1S/C14H11ClN2O3/c15-13-6-3-10(7-12(13)14(19)20)17-16-8-9-1-4-11(18)5-2-9/h1-8,17-18H,(H,19,20). The molecule has 0 amide bonds. The molecule has 0 saturated carbocycles. The Balaban J connectivity index is 2.09. The molecular weight excluding hydrogens is 280 g/mol. The second kappa shape index (κ2) is 6.08. The maximum atomic E-state index is 10.9. The lowest BCUT2D eigenvalue weighted by atomic mass is 10.2. The summed E-state index contributed by atoms with van der Waals surface area (Å²) >= 11 is 5.77. The predicted octanol–water partition coefficient (Wildman–Crippen LogP) is 3.19. The topological polar surface area (TPSA) is 81.9 Å². The molecule has 2 rings (SSSR count). The van der Waals surface area contributed by atoms with Gasteiger partial charge in [0.15, 0.2) is 0 Å².